The Balaban J connectivity index is 2.10. The summed E-state index contributed by atoms with van der Waals surface area (Å²) >= 11 is 9.24. The van der Waals surface area contributed by atoms with Crippen LogP contribution in [0, 0.1) is 5.82 Å². The molecule has 0 atom stereocenters. The second-order valence-corrected chi connectivity index (χ2v) is 4.43. The van der Waals surface area contributed by atoms with Crippen molar-refractivity contribution in [1.29, 1.82) is 0 Å². The van der Waals surface area contributed by atoms with Gasteiger partial charge in [0, 0.05) is 0 Å². The maximum atomic E-state index is 13.0. The molecule has 0 radical (unpaired) electrons. The molecule has 84 valence electrons. The van der Waals surface area contributed by atoms with Gasteiger partial charge in [-0.3, -0.25) is 0 Å². The number of rotatable bonds is 3. The summed E-state index contributed by atoms with van der Waals surface area (Å²) in [6.45, 7) is 0.441. The van der Waals surface area contributed by atoms with E-state index < -0.39 is 0 Å². The predicted molar refractivity (Wildman–Crippen MR) is 65.1 cm³/mol. The normalized spacial score (nSPS) is 10.4. The van der Waals surface area contributed by atoms with Crippen molar-refractivity contribution in [3.05, 3.63) is 51.6 Å². The average molecular weight is 305 g/mol. The van der Waals surface area contributed by atoms with Crippen LogP contribution in [0.15, 0.2) is 39.4 Å². The van der Waals surface area contributed by atoms with Crippen LogP contribution in [0.25, 0.3) is 0 Å². The Morgan fingerprint density at radius 2 is 2.19 bits per heavy atom. The minimum Gasteiger partial charge on any atom is -0.466 e. The first-order valence-electron chi connectivity index (χ1n) is 4.57. The number of anilines is 1. The Kier molecular flexibility index (Phi) is 3.51. The van der Waals surface area contributed by atoms with Crippen molar-refractivity contribution in [2.75, 3.05) is 5.32 Å². The van der Waals surface area contributed by atoms with Gasteiger partial charge >= 0.3 is 0 Å². The molecule has 0 unspecified atom stereocenters. The molecule has 0 bridgehead atoms. The minimum atomic E-state index is -0.328. The Bertz CT molecular complexity index is 500. The second-order valence-electron chi connectivity index (χ2n) is 3.17. The summed E-state index contributed by atoms with van der Waals surface area (Å²) in [4.78, 5) is 0. The molecule has 5 heteroatoms. The van der Waals surface area contributed by atoms with Gasteiger partial charge in [-0.1, -0.05) is 11.6 Å². The molecular weight excluding hydrogens is 296 g/mol. The molecule has 0 amide bonds. The molecule has 0 aliphatic heterocycles. The van der Waals surface area contributed by atoms with Gasteiger partial charge in [0.2, 0.25) is 0 Å². The minimum absolute atomic E-state index is 0.328. The highest BCUT2D eigenvalue weighted by atomic mass is 79.9. The summed E-state index contributed by atoms with van der Waals surface area (Å²) in [6, 6.07) is 5.97. The van der Waals surface area contributed by atoms with Gasteiger partial charge in [0.1, 0.15) is 11.6 Å². The van der Waals surface area contributed by atoms with E-state index in [0.29, 0.717) is 17.3 Å². The number of benzene rings is 1. The Labute approximate surface area is 106 Å². The van der Waals surface area contributed by atoms with Crippen LogP contribution >= 0.6 is 27.5 Å². The van der Waals surface area contributed by atoms with Crippen LogP contribution in [-0.4, -0.2) is 0 Å². The topological polar surface area (TPSA) is 25.2 Å². The SMILES string of the molecule is Fc1ccc(Cl)c(NCc2occc2Br)c1. The van der Waals surface area contributed by atoms with E-state index in [1.165, 1.54) is 18.2 Å². The van der Waals surface area contributed by atoms with Gasteiger partial charge in [-0.05, 0) is 40.2 Å². The highest BCUT2D eigenvalue weighted by Crippen LogP contribution is 2.24. The molecule has 1 aromatic heterocycles. The van der Waals surface area contributed by atoms with Crippen LogP contribution < -0.4 is 5.32 Å². The van der Waals surface area contributed by atoms with Gasteiger partial charge in [0.05, 0.1) is 28.0 Å². The summed E-state index contributed by atoms with van der Waals surface area (Å²) in [5.74, 6) is 0.408. The summed E-state index contributed by atoms with van der Waals surface area (Å²) in [5, 5.41) is 3.48. The number of halogens is 3. The Morgan fingerprint density at radius 3 is 2.88 bits per heavy atom. The highest BCUT2D eigenvalue weighted by Gasteiger charge is 2.05. The van der Waals surface area contributed by atoms with E-state index in [0.717, 1.165) is 10.2 Å². The third kappa shape index (κ3) is 2.57. The van der Waals surface area contributed by atoms with Crippen LogP contribution in [0.2, 0.25) is 5.02 Å². The van der Waals surface area contributed by atoms with Gasteiger partial charge in [0.15, 0.2) is 0 Å². The van der Waals surface area contributed by atoms with E-state index in [4.69, 9.17) is 16.0 Å². The molecule has 0 spiro atoms. The molecule has 1 N–H and O–H groups in total. The van der Waals surface area contributed by atoms with E-state index in [1.54, 1.807) is 12.3 Å². The maximum Gasteiger partial charge on any atom is 0.136 e. The lowest BCUT2D eigenvalue weighted by Gasteiger charge is -2.07. The fraction of sp³-hybridized carbons (Fsp3) is 0.0909. The number of hydrogen-bond acceptors (Lipinski definition) is 2. The lowest BCUT2D eigenvalue weighted by Crippen LogP contribution is -1.99. The van der Waals surface area contributed by atoms with Gasteiger partial charge in [-0.25, -0.2) is 4.39 Å². The van der Waals surface area contributed by atoms with Crippen LogP contribution in [0.1, 0.15) is 5.76 Å². The zero-order chi connectivity index (χ0) is 11.5. The van der Waals surface area contributed by atoms with E-state index in [1.807, 2.05) is 0 Å². The largest absolute Gasteiger partial charge is 0.466 e. The van der Waals surface area contributed by atoms with Crippen molar-refractivity contribution in [1.82, 2.24) is 0 Å². The van der Waals surface area contributed by atoms with E-state index in [2.05, 4.69) is 21.2 Å². The molecule has 0 saturated heterocycles. The fourth-order valence-corrected chi connectivity index (χ4v) is 1.79. The second kappa shape index (κ2) is 4.89. The number of furan rings is 1. The Hall–Kier alpha value is -1.00. The fourth-order valence-electron chi connectivity index (χ4n) is 1.26. The van der Waals surface area contributed by atoms with Gasteiger partial charge in [-0.15, -0.1) is 0 Å². The summed E-state index contributed by atoms with van der Waals surface area (Å²) in [7, 11) is 0. The van der Waals surface area contributed by atoms with Crippen molar-refractivity contribution < 1.29 is 8.81 Å². The molecule has 0 saturated carbocycles. The quantitative estimate of drug-likeness (QED) is 0.906. The lowest BCUT2D eigenvalue weighted by atomic mass is 10.3. The standard InChI is InChI=1S/C11H8BrClFNO/c12-8-3-4-16-11(8)6-15-10-5-7(14)1-2-9(10)13/h1-5,15H,6H2. The number of hydrogen-bond donors (Lipinski definition) is 1. The van der Waals surface area contributed by atoms with Crippen LogP contribution in [0.3, 0.4) is 0 Å². The van der Waals surface area contributed by atoms with Gasteiger partial charge in [-0.2, -0.15) is 0 Å². The molecule has 0 aliphatic carbocycles. The first kappa shape index (κ1) is 11.5. The third-order valence-corrected chi connectivity index (χ3v) is 3.10. The summed E-state index contributed by atoms with van der Waals surface area (Å²) < 4.78 is 19.0. The molecule has 0 fully saturated rings. The molecule has 1 aromatic carbocycles. The molecule has 16 heavy (non-hydrogen) atoms. The van der Waals surface area contributed by atoms with E-state index >= 15 is 0 Å². The molecule has 2 rings (SSSR count). The van der Waals surface area contributed by atoms with Crippen molar-refractivity contribution >= 4 is 33.2 Å². The lowest BCUT2D eigenvalue weighted by molar-refractivity contribution is 0.516. The number of nitrogens with one attached hydrogen (secondary N) is 1. The summed E-state index contributed by atoms with van der Waals surface area (Å²) in [5.41, 5.74) is 0.546. The van der Waals surface area contributed by atoms with Crippen molar-refractivity contribution in [3.63, 3.8) is 0 Å². The molecule has 1 heterocycles. The smallest absolute Gasteiger partial charge is 0.136 e. The Morgan fingerprint density at radius 1 is 1.38 bits per heavy atom. The molecule has 2 nitrogen and oxygen atoms in total. The molecular formula is C11H8BrClFNO. The zero-order valence-electron chi connectivity index (χ0n) is 8.14. The summed E-state index contributed by atoms with van der Waals surface area (Å²) in [6.07, 6.45) is 1.58. The van der Waals surface area contributed by atoms with Gasteiger partial charge in [0.25, 0.3) is 0 Å². The van der Waals surface area contributed by atoms with Crippen LogP contribution in [0.4, 0.5) is 10.1 Å². The molecule has 0 aliphatic rings. The highest BCUT2D eigenvalue weighted by molar-refractivity contribution is 9.10. The first-order chi connectivity index (χ1) is 7.66. The maximum absolute atomic E-state index is 13.0. The monoisotopic (exact) mass is 303 g/mol. The predicted octanol–water partition coefficient (Wildman–Crippen LogP) is 4.45. The molecule has 2 aromatic rings. The van der Waals surface area contributed by atoms with Crippen molar-refractivity contribution in [2.24, 2.45) is 0 Å². The first-order valence-corrected chi connectivity index (χ1v) is 5.74. The van der Waals surface area contributed by atoms with E-state index in [-0.39, 0.29) is 5.82 Å². The average Bonchev–Trinajstić information content (AvgIpc) is 2.66. The third-order valence-electron chi connectivity index (χ3n) is 2.06. The zero-order valence-corrected chi connectivity index (χ0v) is 10.5. The van der Waals surface area contributed by atoms with Crippen molar-refractivity contribution in [3.8, 4) is 0 Å². The van der Waals surface area contributed by atoms with Crippen LogP contribution in [0.5, 0.6) is 0 Å². The van der Waals surface area contributed by atoms with Crippen LogP contribution in [-0.2, 0) is 6.54 Å². The van der Waals surface area contributed by atoms with E-state index in [9.17, 15) is 4.39 Å². The van der Waals surface area contributed by atoms with Gasteiger partial charge < -0.3 is 9.73 Å². The van der Waals surface area contributed by atoms with Crippen molar-refractivity contribution in [2.45, 2.75) is 6.54 Å².